The number of amides is 1. The molecule has 24 heavy (non-hydrogen) atoms. The maximum atomic E-state index is 12.8. The summed E-state index contributed by atoms with van der Waals surface area (Å²) in [4.78, 5) is 21.8. The lowest BCUT2D eigenvalue weighted by Gasteiger charge is -2.31. The number of hydrogen-bond acceptors (Lipinski definition) is 5. The zero-order valence-corrected chi connectivity index (χ0v) is 15.5. The van der Waals surface area contributed by atoms with Crippen molar-refractivity contribution in [1.29, 1.82) is 0 Å². The lowest BCUT2D eigenvalue weighted by molar-refractivity contribution is 0.0215. The molecule has 0 aromatic carbocycles. The average molecular weight is 352 g/mol. The van der Waals surface area contributed by atoms with Gasteiger partial charge in [-0.1, -0.05) is 13.3 Å². The fraction of sp³-hybridized carbons (Fsp3) is 0.778. The summed E-state index contributed by atoms with van der Waals surface area (Å²) in [6, 6.07) is 0. The molecule has 2 saturated heterocycles. The fourth-order valence-electron chi connectivity index (χ4n) is 3.52. The highest BCUT2D eigenvalue weighted by Gasteiger charge is 2.26. The summed E-state index contributed by atoms with van der Waals surface area (Å²) in [5.41, 5.74) is 0.613. The molecular formula is C18H29N3O2S. The van der Waals surface area contributed by atoms with Crippen molar-refractivity contribution in [2.45, 2.75) is 51.6 Å². The van der Waals surface area contributed by atoms with Crippen molar-refractivity contribution in [3.8, 4) is 0 Å². The Bertz CT molecular complexity index is 528. The number of hydrogen-bond donors (Lipinski definition) is 0. The minimum Gasteiger partial charge on any atom is -0.375 e. The molecule has 1 aromatic rings. The van der Waals surface area contributed by atoms with Crippen LogP contribution in [0.3, 0.4) is 0 Å². The number of likely N-dealkylation sites (tertiary alicyclic amines) is 1. The summed E-state index contributed by atoms with van der Waals surface area (Å²) in [5, 5.41) is 2.98. The Labute approximate surface area is 149 Å². The van der Waals surface area contributed by atoms with E-state index in [1.54, 1.807) is 11.3 Å². The molecule has 1 aromatic heterocycles. The molecule has 0 bridgehead atoms. The van der Waals surface area contributed by atoms with Crippen molar-refractivity contribution in [3.05, 3.63) is 16.1 Å². The number of thiazole rings is 1. The van der Waals surface area contributed by atoms with Crippen LogP contribution in [0.4, 0.5) is 0 Å². The summed E-state index contributed by atoms with van der Waals surface area (Å²) in [5.74, 6) is 0.0720. The predicted molar refractivity (Wildman–Crippen MR) is 96.7 cm³/mol. The van der Waals surface area contributed by atoms with Gasteiger partial charge in [-0.2, -0.15) is 0 Å². The van der Waals surface area contributed by atoms with Crippen LogP contribution in [0.15, 0.2) is 5.38 Å². The van der Waals surface area contributed by atoms with Gasteiger partial charge in [-0.05, 0) is 45.2 Å². The summed E-state index contributed by atoms with van der Waals surface area (Å²) in [6.45, 7) is 7.63. The number of aromatic nitrogens is 1. The smallest absolute Gasteiger partial charge is 0.273 e. The van der Waals surface area contributed by atoms with E-state index < -0.39 is 0 Å². The van der Waals surface area contributed by atoms with Gasteiger partial charge in [0.25, 0.3) is 5.91 Å². The number of piperidine rings is 1. The molecule has 2 aliphatic rings. The summed E-state index contributed by atoms with van der Waals surface area (Å²) < 4.78 is 6.01. The Balaban J connectivity index is 1.59. The highest BCUT2D eigenvalue weighted by atomic mass is 32.1. The second-order valence-electron chi connectivity index (χ2n) is 6.84. The van der Waals surface area contributed by atoms with Crippen LogP contribution in [0.25, 0.3) is 0 Å². The van der Waals surface area contributed by atoms with Crippen LogP contribution in [0.2, 0.25) is 0 Å². The SMILES string of the molecule is CCCc1nc(C(=O)N2CCCO[C@@H](CN3CCCCC3)C2)cs1. The number of carbonyl (C=O) groups excluding carboxylic acids is 1. The van der Waals surface area contributed by atoms with Crippen LogP contribution in [0.1, 0.15) is 54.5 Å². The van der Waals surface area contributed by atoms with Crippen molar-refractivity contribution in [1.82, 2.24) is 14.8 Å². The van der Waals surface area contributed by atoms with Crippen molar-refractivity contribution >= 4 is 17.2 Å². The van der Waals surface area contributed by atoms with E-state index in [1.165, 1.54) is 32.4 Å². The van der Waals surface area contributed by atoms with Gasteiger partial charge in [0.1, 0.15) is 5.69 Å². The number of nitrogens with zero attached hydrogens (tertiary/aromatic N) is 3. The second kappa shape index (κ2) is 8.92. The molecule has 0 saturated carbocycles. The zero-order chi connectivity index (χ0) is 16.8. The topological polar surface area (TPSA) is 45.7 Å². The Morgan fingerprint density at radius 3 is 2.92 bits per heavy atom. The van der Waals surface area contributed by atoms with Crippen LogP contribution in [-0.4, -0.2) is 66.1 Å². The molecule has 2 fully saturated rings. The fourth-order valence-corrected chi connectivity index (χ4v) is 4.39. The van der Waals surface area contributed by atoms with Crippen molar-refractivity contribution in [2.24, 2.45) is 0 Å². The van der Waals surface area contributed by atoms with Gasteiger partial charge < -0.3 is 14.5 Å². The monoisotopic (exact) mass is 351 g/mol. The van der Waals surface area contributed by atoms with Crippen LogP contribution in [0, 0.1) is 0 Å². The van der Waals surface area contributed by atoms with Crippen LogP contribution in [0.5, 0.6) is 0 Å². The van der Waals surface area contributed by atoms with E-state index >= 15 is 0 Å². The zero-order valence-electron chi connectivity index (χ0n) is 14.7. The molecule has 0 spiro atoms. The third kappa shape index (κ3) is 4.77. The number of rotatable bonds is 5. The van der Waals surface area contributed by atoms with Crippen molar-refractivity contribution < 1.29 is 9.53 Å². The Kier molecular flexibility index (Phi) is 6.63. The van der Waals surface area contributed by atoms with Gasteiger partial charge in [-0.15, -0.1) is 11.3 Å². The van der Waals surface area contributed by atoms with Gasteiger partial charge in [0.2, 0.25) is 0 Å². The minimum absolute atomic E-state index is 0.0720. The molecule has 0 N–H and O–H groups in total. The molecule has 6 heteroatoms. The molecule has 2 aliphatic heterocycles. The summed E-state index contributed by atoms with van der Waals surface area (Å²) >= 11 is 1.60. The standard InChI is InChI=1S/C18H29N3O2S/c1-2-7-17-19-16(14-24-17)18(22)21-10-6-11-23-15(13-21)12-20-8-4-3-5-9-20/h14-15H,2-13H2,1H3/t15-/m0/s1. The lowest BCUT2D eigenvalue weighted by Crippen LogP contribution is -2.44. The van der Waals surface area contributed by atoms with E-state index in [9.17, 15) is 4.79 Å². The molecule has 3 rings (SSSR count). The van der Waals surface area contributed by atoms with Crippen LogP contribution < -0.4 is 0 Å². The largest absolute Gasteiger partial charge is 0.375 e. The molecule has 134 valence electrons. The highest BCUT2D eigenvalue weighted by Crippen LogP contribution is 2.17. The second-order valence-corrected chi connectivity index (χ2v) is 7.78. The van der Waals surface area contributed by atoms with E-state index in [0.717, 1.165) is 44.0 Å². The first kappa shape index (κ1) is 17.8. The molecule has 0 radical (unpaired) electrons. The van der Waals surface area contributed by atoms with Gasteiger partial charge in [0.15, 0.2) is 0 Å². The average Bonchev–Trinajstić information content (AvgIpc) is 2.94. The Morgan fingerprint density at radius 1 is 1.29 bits per heavy atom. The Morgan fingerprint density at radius 2 is 2.12 bits per heavy atom. The molecule has 3 heterocycles. The van der Waals surface area contributed by atoms with E-state index in [2.05, 4.69) is 16.8 Å². The molecule has 0 aliphatic carbocycles. The van der Waals surface area contributed by atoms with Gasteiger partial charge in [0.05, 0.1) is 11.1 Å². The molecule has 0 unspecified atom stereocenters. The van der Waals surface area contributed by atoms with Gasteiger partial charge in [-0.3, -0.25) is 4.79 Å². The van der Waals surface area contributed by atoms with E-state index in [-0.39, 0.29) is 12.0 Å². The van der Waals surface area contributed by atoms with Crippen LogP contribution in [-0.2, 0) is 11.2 Å². The first-order valence-corrected chi connectivity index (χ1v) is 10.2. The lowest BCUT2D eigenvalue weighted by atomic mass is 10.1. The summed E-state index contributed by atoms with van der Waals surface area (Å²) in [6.07, 6.45) is 6.98. The quantitative estimate of drug-likeness (QED) is 0.818. The van der Waals surface area contributed by atoms with Gasteiger partial charge in [-0.25, -0.2) is 4.98 Å². The maximum Gasteiger partial charge on any atom is 0.273 e. The Hall–Kier alpha value is -0.980. The number of carbonyl (C=O) groups is 1. The first-order chi connectivity index (χ1) is 11.8. The van der Waals surface area contributed by atoms with E-state index in [1.807, 2.05) is 10.3 Å². The highest BCUT2D eigenvalue weighted by molar-refractivity contribution is 7.09. The normalized spacial score (nSPS) is 23.2. The van der Waals surface area contributed by atoms with Crippen molar-refractivity contribution in [2.75, 3.05) is 39.3 Å². The van der Waals surface area contributed by atoms with Gasteiger partial charge in [0, 0.05) is 31.6 Å². The van der Waals surface area contributed by atoms with E-state index in [4.69, 9.17) is 4.74 Å². The molecule has 1 amide bonds. The molecule has 1 atom stereocenters. The number of aryl methyl sites for hydroxylation is 1. The van der Waals surface area contributed by atoms with E-state index in [0.29, 0.717) is 12.2 Å². The molecular weight excluding hydrogens is 322 g/mol. The van der Waals surface area contributed by atoms with Crippen molar-refractivity contribution in [3.63, 3.8) is 0 Å². The van der Waals surface area contributed by atoms with Gasteiger partial charge >= 0.3 is 0 Å². The third-order valence-corrected chi connectivity index (χ3v) is 5.69. The first-order valence-electron chi connectivity index (χ1n) is 9.34. The predicted octanol–water partition coefficient (Wildman–Crippen LogP) is 2.81. The van der Waals surface area contributed by atoms with Crippen LogP contribution >= 0.6 is 11.3 Å². The minimum atomic E-state index is 0.0720. The maximum absolute atomic E-state index is 12.8. The third-order valence-electron chi connectivity index (χ3n) is 4.78. The summed E-state index contributed by atoms with van der Waals surface area (Å²) in [7, 11) is 0. The number of ether oxygens (including phenoxy) is 1. The molecule has 5 nitrogen and oxygen atoms in total.